The van der Waals surface area contributed by atoms with Crippen LogP contribution in [0.25, 0.3) is 0 Å². The third-order valence-corrected chi connectivity index (χ3v) is 5.59. The average molecular weight is 372 g/mol. The van der Waals surface area contributed by atoms with Crippen LogP contribution in [0.3, 0.4) is 0 Å². The second-order valence-corrected chi connectivity index (χ2v) is 8.58. The number of hydrogen-bond acceptors (Lipinski definition) is 4. The normalized spacial score (nSPS) is 19.0. The van der Waals surface area contributed by atoms with Crippen molar-refractivity contribution in [1.82, 2.24) is 4.90 Å². The lowest BCUT2D eigenvalue weighted by molar-refractivity contribution is -0.117. The van der Waals surface area contributed by atoms with Crippen molar-refractivity contribution in [3.63, 3.8) is 0 Å². The van der Waals surface area contributed by atoms with Gasteiger partial charge in [-0.2, -0.15) is 11.8 Å². The standard InChI is InChI=1S/C15H22BrN3OS/c1-15(2)5-6-19(7-8-21-15)10-14(20)18-13-4-3-11(17)9-12(13)16/h3-4,9H,5-8,10,17H2,1-2H3,(H,18,20). The molecule has 1 aromatic rings. The largest absolute Gasteiger partial charge is 0.399 e. The first-order valence-corrected chi connectivity index (χ1v) is 8.85. The number of nitrogens with two attached hydrogens (primary N) is 1. The van der Waals surface area contributed by atoms with Gasteiger partial charge in [-0.15, -0.1) is 0 Å². The lowest BCUT2D eigenvalue weighted by Crippen LogP contribution is -2.35. The highest BCUT2D eigenvalue weighted by Crippen LogP contribution is 2.30. The minimum Gasteiger partial charge on any atom is -0.399 e. The fourth-order valence-electron chi connectivity index (χ4n) is 2.25. The van der Waals surface area contributed by atoms with E-state index in [9.17, 15) is 4.79 Å². The van der Waals surface area contributed by atoms with Gasteiger partial charge >= 0.3 is 0 Å². The van der Waals surface area contributed by atoms with E-state index in [2.05, 4.69) is 40.0 Å². The topological polar surface area (TPSA) is 58.4 Å². The number of thioether (sulfide) groups is 1. The number of rotatable bonds is 3. The zero-order chi connectivity index (χ0) is 15.5. The van der Waals surface area contributed by atoms with E-state index in [0.717, 1.165) is 35.4 Å². The smallest absolute Gasteiger partial charge is 0.238 e. The van der Waals surface area contributed by atoms with Gasteiger partial charge in [-0.1, -0.05) is 13.8 Å². The summed E-state index contributed by atoms with van der Waals surface area (Å²) in [4.78, 5) is 14.4. The molecule has 1 aliphatic rings. The van der Waals surface area contributed by atoms with Gasteiger partial charge in [-0.25, -0.2) is 0 Å². The Morgan fingerprint density at radius 1 is 1.48 bits per heavy atom. The van der Waals surface area contributed by atoms with Gasteiger partial charge in [-0.05, 0) is 40.5 Å². The molecule has 4 nitrogen and oxygen atoms in total. The zero-order valence-electron chi connectivity index (χ0n) is 12.5. The Bertz CT molecular complexity index is 522. The quantitative estimate of drug-likeness (QED) is 0.801. The maximum atomic E-state index is 12.2. The van der Waals surface area contributed by atoms with Gasteiger partial charge in [0, 0.05) is 33.7 Å². The molecule has 1 heterocycles. The molecule has 1 amide bonds. The summed E-state index contributed by atoms with van der Waals surface area (Å²) in [5.41, 5.74) is 7.13. The molecule has 0 spiro atoms. The van der Waals surface area contributed by atoms with Crippen LogP contribution in [0.2, 0.25) is 0 Å². The molecule has 3 N–H and O–H groups in total. The van der Waals surface area contributed by atoms with E-state index >= 15 is 0 Å². The minimum absolute atomic E-state index is 0.0187. The number of amides is 1. The molecule has 1 saturated heterocycles. The Morgan fingerprint density at radius 2 is 2.24 bits per heavy atom. The zero-order valence-corrected chi connectivity index (χ0v) is 14.9. The molecule has 0 bridgehead atoms. The van der Waals surface area contributed by atoms with Crippen LogP contribution in [0.15, 0.2) is 22.7 Å². The van der Waals surface area contributed by atoms with Crippen LogP contribution >= 0.6 is 27.7 Å². The SMILES string of the molecule is CC1(C)CCN(CC(=O)Nc2ccc(N)cc2Br)CCS1. The predicted molar refractivity (Wildman–Crippen MR) is 94.8 cm³/mol. The molecule has 6 heteroatoms. The van der Waals surface area contributed by atoms with Crippen LogP contribution in [0, 0.1) is 0 Å². The maximum absolute atomic E-state index is 12.2. The Labute approximate surface area is 139 Å². The molecule has 0 aromatic heterocycles. The first-order chi connectivity index (χ1) is 9.85. The summed E-state index contributed by atoms with van der Waals surface area (Å²) in [5, 5.41) is 2.94. The summed E-state index contributed by atoms with van der Waals surface area (Å²) in [7, 11) is 0. The number of nitrogens with zero attached hydrogens (tertiary/aromatic N) is 1. The molecule has 0 unspecified atom stereocenters. The third kappa shape index (κ3) is 5.20. The van der Waals surface area contributed by atoms with Crippen LogP contribution in [0.5, 0.6) is 0 Å². The summed E-state index contributed by atoms with van der Waals surface area (Å²) in [6, 6.07) is 5.39. The molecule has 0 radical (unpaired) electrons. The van der Waals surface area contributed by atoms with Crippen LogP contribution in [0.1, 0.15) is 20.3 Å². The molecule has 116 valence electrons. The summed E-state index contributed by atoms with van der Waals surface area (Å²) < 4.78 is 1.12. The predicted octanol–water partition coefficient (Wildman–Crippen LogP) is 3.19. The number of halogens is 1. The Hall–Kier alpha value is -0.720. The molecule has 0 aliphatic carbocycles. The number of carbonyl (C=O) groups excluding carboxylic acids is 1. The molecule has 2 rings (SSSR count). The molecular weight excluding hydrogens is 350 g/mol. The summed E-state index contributed by atoms with van der Waals surface area (Å²) >= 11 is 5.40. The van der Waals surface area contributed by atoms with Crippen molar-refractivity contribution in [1.29, 1.82) is 0 Å². The number of anilines is 2. The third-order valence-electron chi connectivity index (χ3n) is 3.56. The van der Waals surface area contributed by atoms with Gasteiger partial charge in [0.1, 0.15) is 0 Å². The van der Waals surface area contributed by atoms with Crippen LogP contribution in [-0.2, 0) is 4.79 Å². The molecule has 0 atom stereocenters. The van der Waals surface area contributed by atoms with Crippen LogP contribution < -0.4 is 11.1 Å². The van der Waals surface area contributed by atoms with Gasteiger partial charge in [0.15, 0.2) is 0 Å². The Morgan fingerprint density at radius 3 is 2.95 bits per heavy atom. The first kappa shape index (κ1) is 16.6. The second-order valence-electron chi connectivity index (χ2n) is 5.92. The van der Waals surface area contributed by atoms with Crippen LogP contribution in [0.4, 0.5) is 11.4 Å². The monoisotopic (exact) mass is 371 g/mol. The number of hydrogen-bond donors (Lipinski definition) is 2. The van der Waals surface area contributed by atoms with Gasteiger partial charge in [0.2, 0.25) is 5.91 Å². The van der Waals surface area contributed by atoms with Crippen molar-refractivity contribution < 1.29 is 4.79 Å². The molecule has 0 saturated carbocycles. The summed E-state index contributed by atoms with van der Waals surface area (Å²) in [6.07, 6.45) is 1.11. The molecule has 1 aromatic carbocycles. The number of nitrogens with one attached hydrogen (secondary N) is 1. The second kappa shape index (κ2) is 7.03. The van der Waals surface area contributed by atoms with E-state index in [-0.39, 0.29) is 5.91 Å². The van der Waals surface area contributed by atoms with Crippen molar-refractivity contribution in [2.24, 2.45) is 0 Å². The summed E-state index contributed by atoms with van der Waals surface area (Å²) in [5.74, 6) is 1.09. The molecular formula is C15H22BrN3OS. The molecule has 1 fully saturated rings. The Balaban J connectivity index is 1.89. The lowest BCUT2D eigenvalue weighted by atomic mass is 10.1. The minimum atomic E-state index is 0.0187. The Kier molecular flexibility index (Phi) is 5.57. The van der Waals surface area contributed by atoms with E-state index in [4.69, 9.17) is 5.73 Å². The average Bonchev–Trinajstić information content (AvgIpc) is 2.54. The number of nitrogen functional groups attached to an aromatic ring is 1. The van der Waals surface area contributed by atoms with Crippen molar-refractivity contribution in [2.45, 2.75) is 25.0 Å². The van der Waals surface area contributed by atoms with E-state index in [0.29, 0.717) is 17.0 Å². The van der Waals surface area contributed by atoms with Crippen molar-refractivity contribution >= 4 is 45.0 Å². The van der Waals surface area contributed by atoms with Crippen molar-refractivity contribution in [3.05, 3.63) is 22.7 Å². The number of carbonyl (C=O) groups is 1. The fourth-order valence-corrected chi connectivity index (χ4v) is 3.88. The highest BCUT2D eigenvalue weighted by atomic mass is 79.9. The highest BCUT2D eigenvalue weighted by molar-refractivity contribution is 9.10. The first-order valence-electron chi connectivity index (χ1n) is 7.07. The number of benzene rings is 1. The highest BCUT2D eigenvalue weighted by Gasteiger charge is 2.24. The van der Waals surface area contributed by atoms with E-state index < -0.39 is 0 Å². The van der Waals surface area contributed by atoms with E-state index in [1.165, 1.54) is 0 Å². The van der Waals surface area contributed by atoms with Gasteiger partial charge < -0.3 is 11.1 Å². The van der Waals surface area contributed by atoms with Gasteiger partial charge in [-0.3, -0.25) is 9.69 Å². The maximum Gasteiger partial charge on any atom is 0.238 e. The van der Waals surface area contributed by atoms with E-state index in [1.807, 2.05) is 17.8 Å². The van der Waals surface area contributed by atoms with Gasteiger partial charge in [0.05, 0.1) is 12.2 Å². The van der Waals surface area contributed by atoms with Crippen molar-refractivity contribution in [3.8, 4) is 0 Å². The van der Waals surface area contributed by atoms with E-state index in [1.54, 1.807) is 12.1 Å². The molecule has 1 aliphatic heterocycles. The summed E-state index contributed by atoms with van der Waals surface area (Å²) in [6.45, 7) is 6.91. The fraction of sp³-hybridized carbons (Fsp3) is 0.533. The molecule has 21 heavy (non-hydrogen) atoms. The van der Waals surface area contributed by atoms with Crippen molar-refractivity contribution in [2.75, 3.05) is 36.4 Å². The van der Waals surface area contributed by atoms with Crippen LogP contribution in [-0.4, -0.2) is 40.9 Å². The van der Waals surface area contributed by atoms with Gasteiger partial charge in [0.25, 0.3) is 0 Å². The lowest BCUT2D eigenvalue weighted by Gasteiger charge is -2.22.